The number of nitrogens with one attached hydrogen (secondary N) is 1. The van der Waals surface area contributed by atoms with E-state index in [0.717, 1.165) is 13.8 Å². The highest BCUT2D eigenvalue weighted by molar-refractivity contribution is 5.54. The van der Waals surface area contributed by atoms with Crippen LogP contribution < -0.4 is 5.32 Å². The second-order valence-electron chi connectivity index (χ2n) is 4.10. The summed E-state index contributed by atoms with van der Waals surface area (Å²) in [5, 5.41) is 1.87. The van der Waals surface area contributed by atoms with E-state index in [9.17, 15) is 26.3 Å². The van der Waals surface area contributed by atoms with Crippen molar-refractivity contribution in [3.8, 4) is 0 Å². The monoisotopic (exact) mass is 307 g/mol. The third-order valence-corrected chi connectivity index (χ3v) is 2.62. The fourth-order valence-corrected chi connectivity index (χ4v) is 1.53. The fraction of sp³-hybridized carbons (Fsp3) is 0.167. The van der Waals surface area contributed by atoms with Crippen LogP contribution in [0, 0.1) is 48.8 Å². The van der Waals surface area contributed by atoms with E-state index >= 15 is 0 Å². The van der Waals surface area contributed by atoms with Crippen molar-refractivity contribution < 1.29 is 26.3 Å². The molecule has 0 atom stereocenters. The molecule has 0 amide bonds. The van der Waals surface area contributed by atoms with Crippen molar-refractivity contribution >= 4 is 11.6 Å². The van der Waals surface area contributed by atoms with Gasteiger partial charge in [-0.3, -0.25) is 0 Å². The molecule has 112 valence electrons. The molecule has 0 saturated carbocycles. The number of hydrogen-bond acceptors (Lipinski definition) is 3. The zero-order chi connectivity index (χ0) is 15.9. The maximum absolute atomic E-state index is 13.5. The van der Waals surface area contributed by atoms with Crippen LogP contribution >= 0.6 is 0 Å². The fourth-order valence-electron chi connectivity index (χ4n) is 1.53. The molecular formula is C12H7F6N3. The van der Waals surface area contributed by atoms with Gasteiger partial charge in [0.2, 0.25) is 11.6 Å². The van der Waals surface area contributed by atoms with Gasteiger partial charge in [-0.05, 0) is 13.8 Å². The van der Waals surface area contributed by atoms with Crippen molar-refractivity contribution in [3.63, 3.8) is 0 Å². The lowest BCUT2D eigenvalue weighted by molar-refractivity contribution is 0.435. The van der Waals surface area contributed by atoms with Gasteiger partial charge in [0.15, 0.2) is 34.9 Å². The van der Waals surface area contributed by atoms with Gasteiger partial charge >= 0.3 is 0 Å². The first-order chi connectivity index (χ1) is 9.73. The predicted molar refractivity (Wildman–Crippen MR) is 61.0 cm³/mol. The highest BCUT2D eigenvalue weighted by Crippen LogP contribution is 2.26. The van der Waals surface area contributed by atoms with Crippen LogP contribution in [-0.2, 0) is 0 Å². The summed E-state index contributed by atoms with van der Waals surface area (Å²) in [6.07, 6.45) is 0. The maximum atomic E-state index is 13.5. The van der Waals surface area contributed by atoms with Crippen LogP contribution in [0.4, 0.5) is 38.0 Å². The van der Waals surface area contributed by atoms with E-state index in [1.54, 1.807) is 0 Å². The average molecular weight is 307 g/mol. The number of hydrogen-bond donors (Lipinski definition) is 1. The molecule has 2 rings (SSSR count). The van der Waals surface area contributed by atoms with Crippen LogP contribution in [0.15, 0.2) is 0 Å². The summed E-state index contributed by atoms with van der Waals surface area (Å²) in [6.45, 7) is 2.09. The van der Waals surface area contributed by atoms with Crippen LogP contribution in [0.25, 0.3) is 0 Å². The molecule has 1 N–H and O–H groups in total. The van der Waals surface area contributed by atoms with Crippen molar-refractivity contribution in [2.45, 2.75) is 13.8 Å². The highest BCUT2D eigenvalue weighted by atomic mass is 19.2. The molecule has 2 aromatic heterocycles. The molecule has 0 bridgehead atoms. The van der Waals surface area contributed by atoms with Gasteiger partial charge in [0.25, 0.3) is 0 Å². The molecular weight excluding hydrogens is 300 g/mol. The van der Waals surface area contributed by atoms with Crippen molar-refractivity contribution in [1.82, 2.24) is 9.97 Å². The van der Waals surface area contributed by atoms with Crippen LogP contribution in [0.2, 0.25) is 0 Å². The number of rotatable bonds is 2. The topological polar surface area (TPSA) is 37.8 Å². The van der Waals surface area contributed by atoms with Crippen LogP contribution in [0.1, 0.15) is 11.4 Å². The third-order valence-electron chi connectivity index (χ3n) is 2.62. The van der Waals surface area contributed by atoms with E-state index in [1.165, 1.54) is 0 Å². The van der Waals surface area contributed by atoms with E-state index in [2.05, 4.69) is 9.97 Å². The Kier molecular flexibility index (Phi) is 3.75. The Bertz CT molecular complexity index is 670. The van der Waals surface area contributed by atoms with E-state index in [1.807, 2.05) is 5.32 Å². The summed E-state index contributed by atoms with van der Waals surface area (Å²) in [4.78, 5) is 6.65. The normalized spacial score (nSPS) is 10.9. The van der Waals surface area contributed by atoms with Crippen molar-refractivity contribution in [2.75, 3.05) is 5.32 Å². The molecule has 0 aliphatic heterocycles. The standard InChI is InChI=1S/C12H7F6N3/c1-3-5(13)7(15)9(17)11(19-3)21-12-10(18)8(16)6(14)4(2)20-12/h1-2H3,(H,19,20,21). The van der Waals surface area contributed by atoms with E-state index in [-0.39, 0.29) is 0 Å². The summed E-state index contributed by atoms with van der Waals surface area (Å²) in [5.41, 5.74) is -1.01. The number of pyridine rings is 2. The molecule has 9 heteroatoms. The lowest BCUT2D eigenvalue weighted by Crippen LogP contribution is -2.10. The Morgan fingerprint density at radius 1 is 0.571 bits per heavy atom. The zero-order valence-corrected chi connectivity index (χ0v) is 10.7. The van der Waals surface area contributed by atoms with Crippen molar-refractivity contribution in [3.05, 3.63) is 46.3 Å². The second kappa shape index (κ2) is 5.23. The number of nitrogens with zero attached hydrogens (tertiary/aromatic N) is 2. The first-order valence-electron chi connectivity index (χ1n) is 5.53. The summed E-state index contributed by atoms with van der Waals surface area (Å²) in [7, 11) is 0. The van der Waals surface area contributed by atoms with E-state index < -0.39 is 57.9 Å². The van der Waals surface area contributed by atoms with Gasteiger partial charge in [0.05, 0.1) is 11.4 Å². The number of halogens is 6. The molecule has 0 fully saturated rings. The Balaban J connectivity index is 2.54. The van der Waals surface area contributed by atoms with Crippen molar-refractivity contribution in [1.29, 1.82) is 0 Å². The first-order valence-corrected chi connectivity index (χ1v) is 5.53. The van der Waals surface area contributed by atoms with E-state index in [0.29, 0.717) is 0 Å². The quantitative estimate of drug-likeness (QED) is 0.860. The van der Waals surface area contributed by atoms with Gasteiger partial charge in [-0.2, -0.15) is 8.78 Å². The van der Waals surface area contributed by atoms with Gasteiger partial charge in [-0.1, -0.05) is 0 Å². The van der Waals surface area contributed by atoms with Gasteiger partial charge in [0.1, 0.15) is 0 Å². The molecule has 21 heavy (non-hydrogen) atoms. The number of anilines is 2. The smallest absolute Gasteiger partial charge is 0.204 e. The minimum Gasteiger partial charge on any atom is -0.320 e. The number of aromatic nitrogens is 2. The van der Waals surface area contributed by atoms with Gasteiger partial charge in [-0.25, -0.2) is 27.5 Å². The summed E-state index contributed by atoms with van der Waals surface area (Å²) in [5.74, 6) is -11.9. The molecule has 0 unspecified atom stereocenters. The molecule has 0 spiro atoms. The molecule has 0 aromatic carbocycles. The Morgan fingerprint density at radius 2 is 0.905 bits per heavy atom. The molecule has 2 aromatic rings. The summed E-state index contributed by atoms with van der Waals surface area (Å²) < 4.78 is 79.5. The molecule has 3 nitrogen and oxygen atoms in total. The lowest BCUT2D eigenvalue weighted by atomic mass is 10.3. The van der Waals surface area contributed by atoms with Gasteiger partial charge in [-0.15, -0.1) is 0 Å². The van der Waals surface area contributed by atoms with Gasteiger partial charge in [0, 0.05) is 0 Å². The first kappa shape index (κ1) is 15.1. The molecule has 0 aliphatic rings. The van der Waals surface area contributed by atoms with Crippen LogP contribution in [-0.4, -0.2) is 9.97 Å². The van der Waals surface area contributed by atoms with Crippen LogP contribution in [0.3, 0.4) is 0 Å². The SMILES string of the molecule is Cc1nc(Nc2nc(C)c(F)c(F)c2F)c(F)c(F)c1F. The minimum atomic E-state index is -1.83. The third kappa shape index (κ3) is 2.50. The molecule has 2 heterocycles. The lowest BCUT2D eigenvalue weighted by Gasteiger charge is -2.10. The largest absolute Gasteiger partial charge is 0.320 e. The Hall–Kier alpha value is -2.32. The van der Waals surface area contributed by atoms with Crippen molar-refractivity contribution in [2.24, 2.45) is 0 Å². The van der Waals surface area contributed by atoms with Gasteiger partial charge < -0.3 is 5.32 Å². The molecule has 0 aliphatic carbocycles. The highest BCUT2D eigenvalue weighted by Gasteiger charge is 2.22. The Labute approximate surface area is 114 Å². The zero-order valence-electron chi connectivity index (χ0n) is 10.7. The molecule has 0 radical (unpaired) electrons. The average Bonchev–Trinajstić information content (AvgIpc) is 2.45. The summed E-state index contributed by atoms with van der Waals surface area (Å²) in [6, 6.07) is 0. The number of aryl methyl sites for hydroxylation is 2. The second-order valence-corrected chi connectivity index (χ2v) is 4.10. The summed E-state index contributed by atoms with van der Waals surface area (Å²) >= 11 is 0. The predicted octanol–water partition coefficient (Wildman–Crippen LogP) is 3.67. The maximum Gasteiger partial charge on any atom is 0.204 e. The molecule has 0 saturated heterocycles. The van der Waals surface area contributed by atoms with E-state index in [4.69, 9.17) is 0 Å². The Morgan fingerprint density at radius 3 is 1.24 bits per heavy atom. The van der Waals surface area contributed by atoms with Crippen LogP contribution in [0.5, 0.6) is 0 Å². The minimum absolute atomic E-state index is 0.504.